The van der Waals surface area contributed by atoms with E-state index in [0.29, 0.717) is 27.6 Å². The van der Waals surface area contributed by atoms with Crippen LogP contribution in [0.1, 0.15) is 20.0 Å². The van der Waals surface area contributed by atoms with Gasteiger partial charge in [0.2, 0.25) is 0 Å². The van der Waals surface area contributed by atoms with Crippen molar-refractivity contribution in [2.75, 3.05) is 26.6 Å². The lowest BCUT2D eigenvalue weighted by Gasteiger charge is -2.13. The Labute approximate surface area is 201 Å². The van der Waals surface area contributed by atoms with E-state index in [2.05, 4.69) is 5.32 Å². The number of rotatable bonds is 7. The van der Waals surface area contributed by atoms with E-state index < -0.39 is 0 Å². The normalized spacial score (nSPS) is 10.4. The smallest absolute Gasteiger partial charge is 0.348 e. The molecule has 0 aliphatic heterocycles. The lowest BCUT2D eigenvalue weighted by Crippen LogP contribution is -2.12. The van der Waals surface area contributed by atoms with Crippen LogP contribution in [0.4, 0.5) is 5.69 Å². The zero-order valence-corrected chi connectivity index (χ0v) is 19.8. The highest BCUT2D eigenvalue weighted by atomic mass is 32.1. The topological polar surface area (TPSA) is 73.9 Å². The van der Waals surface area contributed by atoms with Gasteiger partial charge in [-0.3, -0.25) is 4.79 Å². The fraction of sp³-hybridized carbons (Fsp3) is 0.111. The first-order valence-electron chi connectivity index (χ1n) is 10.5. The van der Waals surface area contributed by atoms with Gasteiger partial charge in [-0.15, -0.1) is 11.3 Å². The second-order valence-electron chi connectivity index (χ2n) is 7.30. The van der Waals surface area contributed by atoms with Gasteiger partial charge in [0.1, 0.15) is 16.4 Å². The number of methoxy groups -OCH3 is 3. The minimum Gasteiger partial charge on any atom is -0.497 e. The van der Waals surface area contributed by atoms with Gasteiger partial charge in [-0.1, -0.05) is 30.3 Å². The molecule has 0 saturated heterocycles. The molecule has 0 spiro atoms. The zero-order valence-electron chi connectivity index (χ0n) is 19.0. The molecule has 34 heavy (non-hydrogen) atoms. The third kappa shape index (κ3) is 4.79. The Kier molecular flexibility index (Phi) is 6.94. The van der Waals surface area contributed by atoms with Crippen LogP contribution in [0.3, 0.4) is 0 Å². The first-order chi connectivity index (χ1) is 16.5. The maximum absolute atomic E-state index is 13.2. The highest BCUT2D eigenvalue weighted by Crippen LogP contribution is 2.35. The predicted molar refractivity (Wildman–Crippen MR) is 134 cm³/mol. The van der Waals surface area contributed by atoms with Crippen molar-refractivity contribution in [3.63, 3.8) is 0 Å². The number of carbonyl (C=O) groups is 2. The zero-order chi connectivity index (χ0) is 24.1. The molecule has 172 valence electrons. The molecule has 0 aliphatic carbocycles. The number of benzene rings is 3. The summed E-state index contributed by atoms with van der Waals surface area (Å²) in [5.41, 5.74) is 3.68. The summed E-state index contributed by atoms with van der Waals surface area (Å²) in [5.74, 6) is 0.714. The van der Waals surface area contributed by atoms with E-state index in [0.717, 1.165) is 21.6 Å². The van der Waals surface area contributed by atoms with Crippen molar-refractivity contribution in [3.8, 4) is 33.1 Å². The third-order valence-corrected chi connectivity index (χ3v) is 6.38. The van der Waals surface area contributed by atoms with Crippen molar-refractivity contribution in [1.82, 2.24) is 0 Å². The molecule has 1 heterocycles. The molecule has 0 radical (unpaired) electrons. The molecular weight excluding hydrogens is 450 g/mol. The Morgan fingerprint density at radius 3 is 2.38 bits per heavy atom. The second kappa shape index (κ2) is 10.2. The molecule has 7 heteroatoms. The predicted octanol–water partition coefficient (Wildman–Crippen LogP) is 6.14. The van der Waals surface area contributed by atoms with Crippen LogP contribution in [0.25, 0.3) is 21.6 Å². The monoisotopic (exact) mass is 473 g/mol. The molecule has 0 aliphatic rings. The molecule has 0 unspecified atom stereocenters. The number of anilines is 1. The van der Waals surface area contributed by atoms with Crippen LogP contribution >= 0.6 is 11.3 Å². The van der Waals surface area contributed by atoms with Crippen LogP contribution in [-0.2, 0) is 4.74 Å². The Balaban J connectivity index is 1.62. The van der Waals surface area contributed by atoms with E-state index >= 15 is 0 Å². The molecular formula is C27H23NO5S. The van der Waals surface area contributed by atoms with Gasteiger partial charge in [0.15, 0.2) is 0 Å². The van der Waals surface area contributed by atoms with Gasteiger partial charge >= 0.3 is 5.97 Å². The summed E-state index contributed by atoms with van der Waals surface area (Å²) in [4.78, 5) is 26.4. The van der Waals surface area contributed by atoms with E-state index in [9.17, 15) is 9.59 Å². The summed E-state index contributed by atoms with van der Waals surface area (Å²) in [6, 6.07) is 24.0. The van der Waals surface area contributed by atoms with Gasteiger partial charge in [-0.05, 0) is 48.0 Å². The summed E-state index contributed by atoms with van der Waals surface area (Å²) in [7, 11) is 4.55. The van der Waals surface area contributed by atoms with Crippen molar-refractivity contribution >= 4 is 28.9 Å². The average molecular weight is 474 g/mol. The average Bonchev–Trinajstić information content (AvgIpc) is 3.38. The number of hydrogen-bond acceptors (Lipinski definition) is 6. The summed E-state index contributed by atoms with van der Waals surface area (Å²) in [5, 5.41) is 3.00. The van der Waals surface area contributed by atoms with Gasteiger partial charge in [0, 0.05) is 33.3 Å². The van der Waals surface area contributed by atoms with E-state index in [4.69, 9.17) is 14.2 Å². The largest absolute Gasteiger partial charge is 0.497 e. The number of nitrogens with one attached hydrogen (secondary N) is 1. The van der Waals surface area contributed by atoms with Crippen LogP contribution in [-0.4, -0.2) is 33.2 Å². The lowest BCUT2D eigenvalue weighted by atomic mass is 10.0. The van der Waals surface area contributed by atoms with Crippen LogP contribution in [0.15, 0.2) is 78.9 Å². The summed E-state index contributed by atoms with van der Waals surface area (Å²) >= 11 is 1.31. The molecule has 0 fully saturated rings. The Hall–Kier alpha value is -4.10. The number of esters is 1. The number of thiophene rings is 1. The first-order valence-corrected chi connectivity index (χ1v) is 11.3. The Morgan fingerprint density at radius 1 is 0.794 bits per heavy atom. The number of para-hydroxylation sites is 1. The van der Waals surface area contributed by atoms with Crippen molar-refractivity contribution in [1.29, 1.82) is 0 Å². The highest BCUT2D eigenvalue weighted by molar-refractivity contribution is 7.17. The van der Waals surface area contributed by atoms with Crippen molar-refractivity contribution in [2.45, 2.75) is 0 Å². The minimum atomic E-state index is -0.386. The Bertz CT molecular complexity index is 1340. The summed E-state index contributed by atoms with van der Waals surface area (Å²) in [6.07, 6.45) is 0. The maximum atomic E-state index is 13.2. The number of hydrogen-bond donors (Lipinski definition) is 1. The van der Waals surface area contributed by atoms with Crippen molar-refractivity contribution in [2.24, 2.45) is 0 Å². The second-order valence-corrected chi connectivity index (χ2v) is 8.39. The fourth-order valence-electron chi connectivity index (χ4n) is 3.56. The van der Waals surface area contributed by atoms with Crippen LogP contribution in [0.5, 0.6) is 11.5 Å². The molecule has 6 nitrogen and oxygen atoms in total. The van der Waals surface area contributed by atoms with E-state index in [1.165, 1.54) is 18.4 Å². The molecule has 1 aromatic heterocycles. The molecule has 4 rings (SSSR count). The SMILES string of the molecule is COC(=O)c1ccc(-c2ccccc2NC(=O)c2cccc(-c3ccc(OC)cc3OC)c2)s1. The van der Waals surface area contributed by atoms with Crippen molar-refractivity contribution in [3.05, 3.63) is 89.3 Å². The summed E-state index contributed by atoms with van der Waals surface area (Å²) < 4.78 is 15.6. The molecule has 0 saturated carbocycles. The fourth-order valence-corrected chi connectivity index (χ4v) is 4.52. The van der Waals surface area contributed by atoms with Gasteiger partial charge < -0.3 is 19.5 Å². The molecule has 3 aromatic carbocycles. The quantitative estimate of drug-likeness (QED) is 0.327. The van der Waals surface area contributed by atoms with Crippen LogP contribution < -0.4 is 14.8 Å². The van der Waals surface area contributed by atoms with Gasteiger partial charge in [0.05, 0.1) is 21.3 Å². The molecule has 1 amide bonds. The first kappa shape index (κ1) is 23.1. The van der Waals surface area contributed by atoms with E-state index in [1.807, 2.05) is 66.7 Å². The van der Waals surface area contributed by atoms with Gasteiger partial charge in [-0.25, -0.2) is 4.79 Å². The lowest BCUT2D eigenvalue weighted by molar-refractivity contribution is 0.0606. The van der Waals surface area contributed by atoms with Crippen molar-refractivity contribution < 1.29 is 23.8 Å². The highest BCUT2D eigenvalue weighted by Gasteiger charge is 2.16. The van der Waals surface area contributed by atoms with Gasteiger partial charge in [0.25, 0.3) is 5.91 Å². The van der Waals surface area contributed by atoms with Gasteiger partial charge in [-0.2, -0.15) is 0 Å². The van der Waals surface area contributed by atoms with E-state index in [1.54, 1.807) is 26.4 Å². The van der Waals surface area contributed by atoms with E-state index in [-0.39, 0.29) is 11.9 Å². The standard InChI is InChI=1S/C27H23NO5S/c1-31-19-11-12-20(23(16-19)32-2)17-7-6-8-18(15-17)26(29)28-22-10-5-4-9-21(22)24-13-14-25(34-24)27(30)33-3/h4-16H,1-3H3,(H,28,29). The molecule has 0 atom stereocenters. The van der Waals surface area contributed by atoms with Crippen LogP contribution in [0, 0.1) is 0 Å². The Morgan fingerprint density at radius 2 is 1.62 bits per heavy atom. The number of ether oxygens (including phenoxy) is 3. The molecule has 0 bridgehead atoms. The van der Waals surface area contributed by atoms with Crippen LogP contribution in [0.2, 0.25) is 0 Å². The number of carbonyl (C=O) groups excluding carboxylic acids is 2. The minimum absolute atomic E-state index is 0.244. The third-order valence-electron chi connectivity index (χ3n) is 5.28. The maximum Gasteiger partial charge on any atom is 0.348 e. The number of amides is 1. The summed E-state index contributed by atoms with van der Waals surface area (Å²) in [6.45, 7) is 0. The molecule has 4 aromatic rings. The molecule has 1 N–H and O–H groups in total.